The van der Waals surface area contributed by atoms with E-state index in [9.17, 15) is 8.42 Å². The van der Waals surface area contributed by atoms with E-state index in [1.807, 2.05) is 18.5 Å². The van der Waals surface area contributed by atoms with Gasteiger partial charge < -0.3 is 4.98 Å². The van der Waals surface area contributed by atoms with Gasteiger partial charge >= 0.3 is 0 Å². The number of aromatic amines is 1. The Kier molecular flexibility index (Phi) is 4.43. The molecule has 0 radical (unpaired) electrons. The topological polar surface area (TPSA) is 92.2 Å². The number of sulfonamides is 1. The van der Waals surface area contributed by atoms with Crippen LogP contribution in [0.15, 0.2) is 24.7 Å². The standard InChI is InChI=1S/C20H27N5O2S/c26-28(27,16-6-7-16)24-20(9-2-1-3-10-20)11-4-5-15-13-22-18-14-23-19-17(25(15)18)8-12-21-19/h8,12-14,16,21,24H,1-7,9-11H2. The molecule has 0 unspecified atom stereocenters. The average Bonchev–Trinajstić information content (AvgIpc) is 3.31. The minimum atomic E-state index is -3.17. The number of hydrogen-bond acceptors (Lipinski definition) is 4. The summed E-state index contributed by atoms with van der Waals surface area (Å²) >= 11 is 0. The summed E-state index contributed by atoms with van der Waals surface area (Å²) in [6, 6.07) is 2.02. The number of H-pyrrole nitrogens is 1. The Morgan fingerprint density at radius 1 is 1.18 bits per heavy atom. The number of hydrogen-bond donors (Lipinski definition) is 2. The number of imidazole rings is 1. The Bertz CT molecular complexity index is 1090. The van der Waals surface area contributed by atoms with Gasteiger partial charge in [-0.2, -0.15) is 0 Å². The van der Waals surface area contributed by atoms with Crippen molar-refractivity contribution in [2.24, 2.45) is 0 Å². The molecule has 3 heterocycles. The molecular formula is C20H27N5O2S. The molecule has 0 aromatic carbocycles. The van der Waals surface area contributed by atoms with Crippen LogP contribution in [0.2, 0.25) is 0 Å². The lowest BCUT2D eigenvalue weighted by Gasteiger charge is -2.38. The Balaban J connectivity index is 1.34. The molecule has 0 aliphatic heterocycles. The first-order chi connectivity index (χ1) is 13.6. The first-order valence-corrected chi connectivity index (χ1v) is 11.9. The Hall–Kier alpha value is -1.93. The third kappa shape index (κ3) is 3.33. The Morgan fingerprint density at radius 3 is 2.79 bits per heavy atom. The van der Waals surface area contributed by atoms with Crippen LogP contribution in [0.3, 0.4) is 0 Å². The van der Waals surface area contributed by atoms with Crippen LogP contribution >= 0.6 is 0 Å². The second-order valence-electron chi connectivity index (χ2n) is 8.45. The van der Waals surface area contributed by atoms with Crippen molar-refractivity contribution in [2.45, 2.75) is 75.0 Å². The molecule has 0 bridgehead atoms. The highest BCUT2D eigenvalue weighted by Crippen LogP contribution is 2.36. The second kappa shape index (κ2) is 6.84. The largest absolute Gasteiger partial charge is 0.345 e. The summed E-state index contributed by atoms with van der Waals surface area (Å²) in [7, 11) is -3.17. The number of rotatable bonds is 7. The normalized spacial score (nSPS) is 20.1. The Labute approximate surface area is 165 Å². The quantitative estimate of drug-likeness (QED) is 0.635. The predicted octanol–water partition coefficient (Wildman–Crippen LogP) is 3.32. The first kappa shape index (κ1) is 18.1. The van der Waals surface area contributed by atoms with Gasteiger partial charge in [-0.3, -0.25) is 4.40 Å². The van der Waals surface area contributed by atoms with Gasteiger partial charge in [0, 0.05) is 23.6 Å². The molecule has 150 valence electrons. The van der Waals surface area contributed by atoms with Crippen molar-refractivity contribution in [1.82, 2.24) is 24.1 Å². The number of nitrogens with zero attached hydrogens (tertiary/aromatic N) is 3. The molecule has 0 atom stereocenters. The zero-order valence-corrected chi connectivity index (χ0v) is 16.8. The number of nitrogens with one attached hydrogen (secondary N) is 2. The molecule has 0 amide bonds. The van der Waals surface area contributed by atoms with Gasteiger partial charge in [0.1, 0.15) is 0 Å². The van der Waals surface area contributed by atoms with Crippen LogP contribution in [0.25, 0.3) is 16.8 Å². The molecule has 3 aromatic heterocycles. The average molecular weight is 402 g/mol. The third-order valence-electron chi connectivity index (χ3n) is 6.34. The van der Waals surface area contributed by atoms with Crippen LogP contribution in [0.4, 0.5) is 0 Å². The maximum absolute atomic E-state index is 12.6. The van der Waals surface area contributed by atoms with E-state index < -0.39 is 10.0 Å². The molecule has 2 aliphatic carbocycles. The van der Waals surface area contributed by atoms with E-state index >= 15 is 0 Å². The fraction of sp³-hybridized carbons (Fsp3) is 0.600. The van der Waals surface area contributed by atoms with E-state index in [0.717, 1.165) is 80.3 Å². The molecule has 5 rings (SSSR count). The van der Waals surface area contributed by atoms with Gasteiger partial charge in [0.05, 0.1) is 17.0 Å². The van der Waals surface area contributed by atoms with Crippen LogP contribution in [0.5, 0.6) is 0 Å². The van der Waals surface area contributed by atoms with Gasteiger partial charge in [0.2, 0.25) is 10.0 Å². The van der Waals surface area contributed by atoms with E-state index in [-0.39, 0.29) is 10.8 Å². The van der Waals surface area contributed by atoms with E-state index in [4.69, 9.17) is 0 Å². The molecule has 28 heavy (non-hydrogen) atoms. The second-order valence-corrected chi connectivity index (χ2v) is 10.4. The van der Waals surface area contributed by atoms with E-state index in [1.54, 1.807) is 6.20 Å². The molecule has 3 aromatic rings. The summed E-state index contributed by atoms with van der Waals surface area (Å²) in [5.74, 6) is 0. The monoisotopic (exact) mass is 401 g/mol. The highest BCUT2D eigenvalue weighted by Gasteiger charge is 2.42. The van der Waals surface area contributed by atoms with Gasteiger partial charge in [0.25, 0.3) is 0 Å². The zero-order valence-electron chi connectivity index (χ0n) is 16.0. The van der Waals surface area contributed by atoms with Gasteiger partial charge in [-0.15, -0.1) is 0 Å². The lowest BCUT2D eigenvalue weighted by molar-refractivity contribution is 0.246. The van der Waals surface area contributed by atoms with Crippen molar-refractivity contribution in [1.29, 1.82) is 0 Å². The van der Waals surface area contributed by atoms with Crippen LogP contribution in [0, 0.1) is 0 Å². The molecule has 2 fully saturated rings. The minimum Gasteiger partial charge on any atom is -0.345 e. The van der Waals surface area contributed by atoms with E-state index in [2.05, 4.69) is 24.1 Å². The van der Waals surface area contributed by atoms with Gasteiger partial charge in [-0.05, 0) is 51.0 Å². The Morgan fingerprint density at radius 2 is 2.00 bits per heavy atom. The molecule has 0 spiro atoms. The molecule has 0 saturated heterocycles. The molecule has 2 saturated carbocycles. The van der Waals surface area contributed by atoms with Crippen molar-refractivity contribution in [3.63, 3.8) is 0 Å². The summed E-state index contributed by atoms with van der Waals surface area (Å²) in [6.07, 6.45) is 15.3. The van der Waals surface area contributed by atoms with Crippen LogP contribution in [-0.4, -0.2) is 38.6 Å². The number of aromatic nitrogens is 4. The fourth-order valence-electron chi connectivity index (χ4n) is 4.71. The van der Waals surface area contributed by atoms with Crippen LogP contribution in [0.1, 0.15) is 63.5 Å². The minimum absolute atomic E-state index is 0.153. The van der Waals surface area contributed by atoms with Crippen molar-refractivity contribution < 1.29 is 8.42 Å². The smallest absolute Gasteiger partial charge is 0.214 e. The third-order valence-corrected chi connectivity index (χ3v) is 8.40. The van der Waals surface area contributed by atoms with E-state index in [0.29, 0.717) is 0 Å². The van der Waals surface area contributed by atoms with Crippen molar-refractivity contribution in [2.75, 3.05) is 0 Å². The molecular weight excluding hydrogens is 374 g/mol. The highest BCUT2D eigenvalue weighted by atomic mass is 32.2. The van der Waals surface area contributed by atoms with E-state index in [1.165, 1.54) is 6.42 Å². The lowest BCUT2D eigenvalue weighted by Crippen LogP contribution is -2.50. The summed E-state index contributed by atoms with van der Waals surface area (Å²) in [5, 5.41) is -0.153. The van der Waals surface area contributed by atoms with Crippen molar-refractivity contribution in [3.8, 4) is 0 Å². The summed E-state index contributed by atoms with van der Waals surface area (Å²) in [6.45, 7) is 0. The lowest BCUT2D eigenvalue weighted by atomic mass is 9.79. The van der Waals surface area contributed by atoms with Gasteiger partial charge in [0.15, 0.2) is 11.3 Å². The fourth-order valence-corrected chi connectivity index (χ4v) is 6.54. The van der Waals surface area contributed by atoms with Gasteiger partial charge in [-0.1, -0.05) is 19.3 Å². The predicted molar refractivity (Wildman–Crippen MR) is 109 cm³/mol. The zero-order chi connectivity index (χ0) is 19.2. The number of fused-ring (bicyclic) bond motifs is 3. The summed E-state index contributed by atoms with van der Waals surface area (Å²) < 4.78 is 30.5. The summed E-state index contributed by atoms with van der Waals surface area (Å²) in [5.41, 5.74) is 3.63. The number of aryl methyl sites for hydroxylation is 1. The van der Waals surface area contributed by atoms with Gasteiger partial charge in [-0.25, -0.2) is 23.1 Å². The van der Waals surface area contributed by atoms with Crippen LogP contribution < -0.4 is 4.72 Å². The molecule has 2 N–H and O–H groups in total. The molecule has 2 aliphatic rings. The van der Waals surface area contributed by atoms with Crippen molar-refractivity contribution >= 4 is 26.8 Å². The maximum atomic E-state index is 12.6. The molecule has 7 nitrogen and oxygen atoms in total. The van der Waals surface area contributed by atoms with Crippen molar-refractivity contribution in [3.05, 3.63) is 30.4 Å². The maximum Gasteiger partial charge on any atom is 0.214 e. The first-order valence-electron chi connectivity index (χ1n) is 10.4. The highest BCUT2D eigenvalue weighted by molar-refractivity contribution is 7.90. The van der Waals surface area contributed by atoms with Crippen LogP contribution in [-0.2, 0) is 16.4 Å². The SMILES string of the molecule is O=S(=O)(NC1(CCCc2cnc3cnc4[nH]ccc4n23)CCCCC1)C1CC1. The summed E-state index contributed by atoms with van der Waals surface area (Å²) in [4.78, 5) is 12.0. The molecule has 8 heteroatoms.